The maximum Gasteiger partial charge on any atom is 0.323 e. The van der Waals surface area contributed by atoms with Gasteiger partial charge in [-0.15, -0.1) is 0 Å². The summed E-state index contributed by atoms with van der Waals surface area (Å²) in [5, 5.41) is 4.14. The first-order valence-corrected chi connectivity index (χ1v) is 14.6. The van der Waals surface area contributed by atoms with Crippen LogP contribution >= 0.6 is 23.2 Å². The van der Waals surface area contributed by atoms with Crippen LogP contribution in [0.25, 0.3) is 0 Å². The van der Waals surface area contributed by atoms with Crippen molar-refractivity contribution in [2.45, 2.75) is 76.8 Å². The average molecular weight is 609 g/mol. The minimum absolute atomic E-state index is 0.146. The van der Waals surface area contributed by atoms with Crippen LogP contribution in [-0.2, 0) is 44.6 Å². The second kappa shape index (κ2) is 12.6. The number of carbonyl (C=O) groups is 2. The predicted molar refractivity (Wildman–Crippen MR) is 150 cm³/mol. The molecule has 3 heterocycles. The van der Waals surface area contributed by atoms with E-state index in [0.29, 0.717) is 15.6 Å². The van der Waals surface area contributed by atoms with Crippen LogP contribution in [0.5, 0.6) is 0 Å². The number of hydrogen-bond donors (Lipinski definition) is 1. The first kappa shape index (κ1) is 30.2. The normalized spacial score (nSPS) is 32.0. The second-order valence-electron chi connectivity index (χ2n) is 10.7. The summed E-state index contributed by atoms with van der Waals surface area (Å²) in [7, 11) is 0. The number of benzene rings is 2. The van der Waals surface area contributed by atoms with E-state index in [2.05, 4.69) is 5.32 Å². The highest BCUT2D eigenvalue weighted by Crippen LogP contribution is 2.49. The standard InChI is InChI=1S/C30H35Cl2NO8/c1-5-36-27(34)21-20(23(28(35)37-6-2)33-22(21)18-14-17(31)12-13-19(18)32)24-25(38-15-16-10-8-7-9-11-16)26-29(39-24)41-30(3,4)40-26/h7-14,20-26,29,33H,5-6,15H2,1-4H3/t20-,21-,22-,23-,24-,25-,26+,29+/m0/s1. The molecule has 1 N–H and O–H groups in total. The summed E-state index contributed by atoms with van der Waals surface area (Å²) in [4.78, 5) is 27.2. The quantitative estimate of drug-likeness (QED) is 0.402. The van der Waals surface area contributed by atoms with E-state index in [0.717, 1.165) is 5.56 Å². The molecule has 11 heteroatoms. The van der Waals surface area contributed by atoms with Gasteiger partial charge in [0, 0.05) is 22.0 Å². The van der Waals surface area contributed by atoms with Gasteiger partial charge in [-0.2, -0.15) is 0 Å². The second-order valence-corrected chi connectivity index (χ2v) is 11.6. The molecule has 222 valence electrons. The largest absolute Gasteiger partial charge is 0.466 e. The molecule has 0 amide bonds. The summed E-state index contributed by atoms with van der Waals surface area (Å²) in [6.07, 6.45) is -2.85. The van der Waals surface area contributed by atoms with Gasteiger partial charge in [0.15, 0.2) is 12.1 Å². The Balaban J connectivity index is 1.57. The lowest BCUT2D eigenvalue weighted by atomic mass is 9.79. The Kier molecular flexibility index (Phi) is 9.25. The van der Waals surface area contributed by atoms with Crippen molar-refractivity contribution in [1.82, 2.24) is 5.32 Å². The summed E-state index contributed by atoms with van der Waals surface area (Å²) < 4.78 is 36.3. The number of halogens is 2. The molecule has 0 unspecified atom stereocenters. The van der Waals surface area contributed by atoms with Crippen molar-refractivity contribution in [2.75, 3.05) is 13.2 Å². The van der Waals surface area contributed by atoms with Gasteiger partial charge >= 0.3 is 11.9 Å². The molecule has 3 aliphatic heterocycles. The Morgan fingerprint density at radius 2 is 1.66 bits per heavy atom. The van der Waals surface area contributed by atoms with Crippen molar-refractivity contribution in [1.29, 1.82) is 0 Å². The SMILES string of the molecule is CCOC(=O)[C@H]1[C@H]([C@@H]2O[C@@H]3OC(C)(C)O[C@@H]3[C@H]2OCc2ccccc2)[C@@H](C(=O)OCC)N[C@H]1c1cc(Cl)ccc1Cl. The van der Waals surface area contributed by atoms with Crippen LogP contribution < -0.4 is 5.32 Å². The third-order valence-electron chi connectivity index (χ3n) is 7.60. The Morgan fingerprint density at radius 3 is 2.37 bits per heavy atom. The van der Waals surface area contributed by atoms with E-state index in [4.69, 9.17) is 51.6 Å². The van der Waals surface area contributed by atoms with Crippen LogP contribution in [0.2, 0.25) is 10.0 Å². The summed E-state index contributed by atoms with van der Waals surface area (Å²) in [5.41, 5.74) is 1.51. The fraction of sp³-hybridized carbons (Fsp3) is 0.533. The molecule has 3 fully saturated rings. The molecule has 0 saturated carbocycles. The van der Waals surface area contributed by atoms with Crippen molar-refractivity contribution >= 4 is 35.1 Å². The van der Waals surface area contributed by atoms with Crippen molar-refractivity contribution < 1.29 is 38.0 Å². The molecule has 8 atom stereocenters. The zero-order chi connectivity index (χ0) is 29.3. The third kappa shape index (κ3) is 6.27. The Morgan fingerprint density at radius 1 is 0.951 bits per heavy atom. The number of carbonyl (C=O) groups excluding carboxylic acids is 2. The molecule has 2 aromatic rings. The maximum absolute atomic E-state index is 13.7. The lowest BCUT2D eigenvalue weighted by Crippen LogP contribution is -2.49. The summed E-state index contributed by atoms with van der Waals surface area (Å²) in [6.45, 7) is 7.61. The molecule has 0 bridgehead atoms. The van der Waals surface area contributed by atoms with Gasteiger partial charge in [0.2, 0.25) is 0 Å². The molecule has 41 heavy (non-hydrogen) atoms. The molecular formula is C30H35Cl2NO8. The molecule has 0 spiro atoms. The van der Waals surface area contributed by atoms with Gasteiger partial charge in [0.1, 0.15) is 18.2 Å². The molecular weight excluding hydrogens is 573 g/mol. The van der Waals surface area contributed by atoms with E-state index in [-0.39, 0.29) is 19.8 Å². The fourth-order valence-corrected chi connectivity index (χ4v) is 6.44. The summed E-state index contributed by atoms with van der Waals surface area (Å²) >= 11 is 12.9. The van der Waals surface area contributed by atoms with Crippen LogP contribution in [0.4, 0.5) is 0 Å². The molecule has 3 aliphatic rings. The number of esters is 2. The highest BCUT2D eigenvalue weighted by atomic mass is 35.5. The lowest BCUT2D eigenvalue weighted by Gasteiger charge is -2.33. The fourth-order valence-electron chi connectivity index (χ4n) is 6.03. The third-order valence-corrected chi connectivity index (χ3v) is 8.18. The van der Waals surface area contributed by atoms with E-state index in [1.807, 2.05) is 30.3 Å². The van der Waals surface area contributed by atoms with Crippen LogP contribution in [0, 0.1) is 11.8 Å². The monoisotopic (exact) mass is 607 g/mol. The van der Waals surface area contributed by atoms with Crippen molar-refractivity contribution in [3.63, 3.8) is 0 Å². The highest BCUT2D eigenvalue weighted by Gasteiger charge is 2.64. The van der Waals surface area contributed by atoms with Gasteiger partial charge < -0.3 is 28.4 Å². The zero-order valence-electron chi connectivity index (χ0n) is 23.4. The van der Waals surface area contributed by atoms with Crippen LogP contribution in [0.15, 0.2) is 48.5 Å². The smallest absolute Gasteiger partial charge is 0.323 e. The number of ether oxygens (including phenoxy) is 6. The highest BCUT2D eigenvalue weighted by molar-refractivity contribution is 6.33. The summed E-state index contributed by atoms with van der Waals surface area (Å²) in [5.74, 6) is -3.63. The zero-order valence-corrected chi connectivity index (χ0v) is 24.9. The Hall–Kier alpha value is -2.24. The van der Waals surface area contributed by atoms with Crippen molar-refractivity contribution in [3.05, 3.63) is 69.7 Å². The van der Waals surface area contributed by atoms with E-state index in [1.54, 1.807) is 45.9 Å². The van der Waals surface area contributed by atoms with Gasteiger partial charge in [-0.3, -0.25) is 14.9 Å². The maximum atomic E-state index is 13.7. The Bertz CT molecular complexity index is 1240. The molecule has 5 rings (SSSR count). The number of nitrogens with one attached hydrogen (secondary N) is 1. The van der Waals surface area contributed by atoms with Crippen molar-refractivity contribution in [2.24, 2.45) is 11.8 Å². The summed E-state index contributed by atoms with van der Waals surface area (Å²) in [6, 6.07) is 13.0. The Labute approximate surface area is 249 Å². The van der Waals surface area contributed by atoms with Gasteiger partial charge in [-0.05, 0) is 57.0 Å². The topological polar surface area (TPSA) is 102 Å². The number of rotatable bonds is 9. The molecule has 0 radical (unpaired) electrons. The minimum atomic E-state index is -0.955. The molecule has 9 nitrogen and oxygen atoms in total. The van der Waals surface area contributed by atoms with Crippen molar-refractivity contribution in [3.8, 4) is 0 Å². The van der Waals surface area contributed by atoms with Crippen LogP contribution in [-0.4, -0.2) is 61.6 Å². The van der Waals surface area contributed by atoms with Gasteiger partial charge in [0.05, 0.1) is 31.8 Å². The van der Waals surface area contributed by atoms with Crippen LogP contribution in [0.1, 0.15) is 44.9 Å². The number of hydrogen-bond acceptors (Lipinski definition) is 9. The molecule has 0 aliphatic carbocycles. The van der Waals surface area contributed by atoms with E-state index < -0.39 is 66.2 Å². The molecule has 2 aromatic carbocycles. The van der Waals surface area contributed by atoms with Gasteiger partial charge in [-0.25, -0.2) is 0 Å². The number of fused-ring (bicyclic) bond motifs is 1. The molecule has 3 saturated heterocycles. The average Bonchev–Trinajstić information content (AvgIpc) is 3.57. The first-order valence-electron chi connectivity index (χ1n) is 13.8. The van der Waals surface area contributed by atoms with Gasteiger partial charge in [0.25, 0.3) is 0 Å². The first-order chi connectivity index (χ1) is 19.6. The molecule has 0 aromatic heterocycles. The van der Waals surface area contributed by atoms with E-state index >= 15 is 0 Å². The van der Waals surface area contributed by atoms with E-state index in [9.17, 15) is 9.59 Å². The lowest BCUT2D eigenvalue weighted by molar-refractivity contribution is -0.228. The van der Waals surface area contributed by atoms with E-state index in [1.165, 1.54) is 0 Å². The van der Waals surface area contributed by atoms with Gasteiger partial charge in [-0.1, -0.05) is 53.5 Å². The predicted octanol–water partition coefficient (Wildman–Crippen LogP) is 4.83. The minimum Gasteiger partial charge on any atom is -0.466 e. The van der Waals surface area contributed by atoms with Crippen LogP contribution in [0.3, 0.4) is 0 Å².